The third kappa shape index (κ3) is 3.26. The average Bonchev–Trinajstić information content (AvgIpc) is 3.33. The summed E-state index contributed by atoms with van der Waals surface area (Å²) in [7, 11) is 0. The van der Waals surface area contributed by atoms with Crippen LogP contribution in [0.2, 0.25) is 0 Å². The zero-order valence-electron chi connectivity index (χ0n) is 15.6. The largest absolute Gasteiger partial charge is 0.382 e. The highest BCUT2D eigenvalue weighted by atomic mass is 15.3. The van der Waals surface area contributed by atoms with Crippen LogP contribution in [-0.2, 0) is 0 Å². The number of pyridine rings is 1. The van der Waals surface area contributed by atoms with Crippen LogP contribution in [-0.4, -0.2) is 33.6 Å². The van der Waals surface area contributed by atoms with Gasteiger partial charge in [-0.2, -0.15) is 5.10 Å². The summed E-state index contributed by atoms with van der Waals surface area (Å²) in [6.45, 7) is 4.98. The maximum Gasteiger partial charge on any atom is 0.0757 e. The lowest BCUT2D eigenvalue weighted by Crippen LogP contribution is -2.32. The van der Waals surface area contributed by atoms with Crippen molar-refractivity contribution in [1.82, 2.24) is 14.8 Å². The molecule has 6 heteroatoms. The van der Waals surface area contributed by atoms with E-state index in [0.717, 1.165) is 41.9 Å². The average molecular weight is 352 g/mol. The Morgan fingerprint density at radius 1 is 1.38 bits per heavy atom. The second-order valence-corrected chi connectivity index (χ2v) is 8.01. The van der Waals surface area contributed by atoms with Gasteiger partial charge in [0, 0.05) is 47.4 Å². The number of anilines is 1. The maximum atomic E-state index is 7.62. The number of hydrogen-bond acceptors (Lipinski definition) is 5. The molecule has 2 aliphatic carbocycles. The SMILES string of the molecule is CC(C)Nc1cc(-c2cn(C3CC(CN)C3)nc2C2CC2)ncc1C=N. The Hall–Kier alpha value is -2.21. The van der Waals surface area contributed by atoms with Crippen molar-refractivity contribution >= 4 is 11.9 Å². The van der Waals surface area contributed by atoms with Crippen LogP contribution in [0.1, 0.15) is 62.7 Å². The van der Waals surface area contributed by atoms with Crippen molar-refractivity contribution in [3.05, 3.63) is 29.7 Å². The molecule has 0 aliphatic heterocycles. The summed E-state index contributed by atoms with van der Waals surface area (Å²) in [6.07, 6.45) is 10.0. The van der Waals surface area contributed by atoms with Gasteiger partial charge in [0.25, 0.3) is 0 Å². The highest BCUT2D eigenvalue weighted by Crippen LogP contribution is 2.45. The van der Waals surface area contributed by atoms with Crippen molar-refractivity contribution < 1.29 is 0 Å². The molecule has 0 saturated heterocycles. The van der Waals surface area contributed by atoms with Crippen molar-refractivity contribution in [2.75, 3.05) is 11.9 Å². The highest BCUT2D eigenvalue weighted by Gasteiger charge is 2.34. The molecule has 2 aromatic heterocycles. The predicted octanol–water partition coefficient (Wildman–Crippen LogP) is 3.55. The monoisotopic (exact) mass is 352 g/mol. The van der Waals surface area contributed by atoms with Gasteiger partial charge < -0.3 is 16.5 Å². The summed E-state index contributed by atoms with van der Waals surface area (Å²) >= 11 is 0. The first-order valence-corrected chi connectivity index (χ1v) is 9.65. The van der Waals surface area contributed by atoms with Crippen LogP contribution < -0.4 is 11.1 Å². The Bertz CT molecular complexity index is 799. The fourth-order valence-electron chi connectivity index (χ4n) is 3.72. The van der Waals surface area contributed by atoms with Crippen molar-refractivity contribution in [3.8, 4) is 11.3 Å². The van der Waals surface area contributed by atoms with Crippen LogP contribution in [0.4, 0.5) is 5.69 Å². The third-order valence-corrected chi connectivity index (χ3v) is 5.45. The number of aromatic nitrogens is 3. The Kier molecular flexibility index (Phi) is 4.53. The fraction of sp³-hybridized carbons (Fsp3) is 0.550. The van der Waals surface area contributed by atoms with Gasteiger partial charge in [0.15, 0.2) is 0 Å². The van der Waals surface area contributed by atoms with Gasteiger partial charge in [0.1, 0.15) is 0 Å². The summed E-state index contributed by atoms with van der Waals surface area (Å²) < 4.78 is 2.15. The summed E-state index contributed by atoms with van der Waals surface area (Å²) in [5, 5.41) is 16.0. The molecule has 0 unspecified atom stereocenters. The summed E-state index contributed by atoms with van der Waals surface area (Å²) in [4.78, 5) is 4.64. The molecule has 0 amide bonds. The van der Waals surface area contributed by atoms with E-state index in [1.165, 1.54) is 24.8 Å². The zero-order chi connectivity index (χ0) is 18.3. The van der Waals surface area contributed by atoms with E-state index in [9.17, 15) is 0 Å². The lowest BCUT2D eigenvalue weighted by Gasteiger charge is -2.34. The molecule has 0 spiro atoms. The van der Waals surface area contributed by atoms with Crippen LogP contribution in [0.15, 0.2) is 18.5 Å². The molecular formula is C20H28N6. The second kappa shape index (κ2) is 6.83. The van der Waals surface area contributed by atoms with E-state index in [1.54, 1.807) is 6.20 Å². The fourth-order valence-corrected chi connectivity index (χ4v) is 3.72. The molecule has 0 bridgehead atoms. The molecule has 2 heterocycles. The smallest absolute Gasteiger partial charge is 0.0757 e. The number of hydrogen-bond donors (Lipinski definition) is 3. The maximum absolute atomic E-state index is 7.62. The predicted molar refractivity (Wildman–Crippen MR) is 105 cm³/mol. The first kappa shape index (κ1) is 17.2. The van der Waals surface area contributed by atoms with E-state index in [0.29, 0.717) is 23.9 Å². The topological polar surface area (TPSA) is 92.6 Å². The molecule has 2 aliphatic rings. The van der Waals surface area contributed by atoms with E-state index >= 15 is 0 Å². The Morgan fingerprint density at radius 3 is 2.77 bits per heavy atom. The van der Waals surface area contributed by atoms with Gasteiger partial charge in [-0.05, 0) is 58.1 Å². The zero-order valence-corrected chi connectivity index (χ0v) is 15.6. The molecule has 0 atom stereocenters. The third-order valence-electron chi connectivity index (χ3n) is 5.45. The lowest BCUT2D eigenvalue weighted by molar-refractivity contribution is 0.189. The Morgan fingerprint density at radius 2 is 2.15 bits per heavy atom. The molecule has 0 radical (unpaired) electrons. The quantitative estimate of drug-likeness (QED) is 0.664. The van der Waals surface area contributed by atoms with E-state index in [-0.39, 0.29) is 0 Å². The van der Waals surface area contributed by atoms with Crippen molar-refractivity contribution in [2.45, 2.75) is 57.5 Å². The molecule has 4 rings (SSSR count). The molecule has 2 saturated carbocycles. The van der Waals surface area contributed by atoms with Gasteiger partial charge in [0.05, 0.1) is 17.4 Å². The van der Waals surface area contributed by atoms with Crippen LogP contribution in [0.25, 0.3) is 11.3 Å². The Balaban J connectivity index is 1.68. The van der Waals surface area contributed by atoms with Crippen LogP contribution in [0.5, 0.6) is 0 Å². The van der Waals surface area contributed by atoms with Crippen molar-refractivity contribution in [3.63, 3.8) is 0 Å². The standard InChI is InChI=1S/C20H28N6/c1-12(2)24-18-7-19(23-10-15(18)9-22)17-11-26(16-5-13(6-16)8-21)25-20(17)14-3-4-14/h7,9-14,16,22H,3-6,8,21H2,1-2H3,(H,23,24). The lowest BCUT2D eigenvalue weighted by atomic mass is 9.80. The van der Waals surface area contributed by atoms with E-state index < -0.39 is 0 Å². The van der Waals surface area contributed by atoms with Crippen LogP contribution in [0.3, 0.4) is 0 Å². The first-order chi connectivity index (χ1) is 12.6. The molecule has 4 N–H and O–H groups in total. The number of nitrogens with one attached hydrogen (secondary N) is 2. The van der Waals surface area contributed by atoms with Gasteiger partial charge in [0.2, 0.25) is 0 Å². The summed E-state index contributed by atoms with van der Waals surface area (Å²) in [5.74, 6) is 1.21. The molecule has 26 heavy (non-hydrogen) atoms. The highest BCUT2D eigenvalue weighted by molar-refractivity contribution is 5.87. The van der Waals surface area contributed by atoms with Gasteiger partial charge in [-0.3, -0.25) is 9.67 Å². The molecule has 6 nitrogen and oxygen atoms in total. The molecule has 2 fully saturated rings. The van der Waals surface area contributed by atoms with Crippen LogP contribution >= 0.6 is 0 Å². The minimum atomic E-state index is 0.303. The number of nitrogens with zero attached hydrogens (tertiary/aromatic N) is 3. The number of rotatable bonds is 7. The Labute approximate surface area is 154 Å². The van der Waals surface area contributed by atoms with Gasteiger partial charge >= 0.3 is 0 Å². The molecular weight excluding hydrogens is 324 g/mol. The van der Waals surface area contributed by atoms with E-state index in [2.05, 4.69) is 41.1 Å². The van der Waals surface area contributed by atoms with Crippen molar-refractivity contribution in [2.24, 2.45) is 11.7 Å². The van der Waals surface area contributed by atoms with Crippen LogP contribution in [0, 0.1) is 11.3 Å². The minimum Gasteiger partial charge on any atom is -0.382 e. The first-order valence-electron chi connectivity index (χ1n) is 9.65. The van der Waals surface area contributed by atoms with Gasteiger partial charge in [-0.15, -0.1) is 0 Å². The van der Waals surface area contributed by atoms with Gasteiger partial charge in [-0.25, -0.2) is 0 Å². The van der Waals surface area contributed by atoms with E-state index in [4.69, 9.17) is 16.2 Å². The van der Waals surface area contributed by atoms with Gasteiger partial charge in [-0.1, -0.05) is 0 Å². The normalized spacial score (nSPS) is 22.3. The van der Waals surface area contributed by atoms with E-state index in [1.807, 2.05) is 0 Å². The summed E-state index contributed by atoms with van der Waals surface area (Å²) in [6, 6.07) is 2.85. The molecule has 2 aromatic rings. The van der Waals surface area contributed by atoms with Crippen molar-refractivity contribution in [1.29, 1.82) is 5.41 Å². The minimum absolute atomic E-state index is 0.303. The molecule has 0 aromatic carbocycles. The second-order valence-electron chi connectivity index (χ2n) is 8.01. The summed E-state index contributed by atoms with van der Waals surface area (Å²) in [5.41, 5.74) is 10.8. The molecule has 138 valence electrons. The number of nitrogens with two attached hydrogens (primary N) is 1.